The normalized spacial score (nSPS) is 11.9. The fraction of sp³-hybridized carbons (Fsp3) is 0.925. The Hall–Kier alpha value is -1.59. The van der Waals surface area contributed by atoms with Gasteiger partial charge in [0, 0.05) is 12.8 Å². The Balaban J connectivity index is 3.78. The molecule has 0 rings (SSSR count). The van der Waals surface area contributed by atoms with Crippen LogP contribution < -0.4 is 5.32 Å². The molecule has 1 unspecified atom stereocenters. The van der Waals surface area contributed by atoms with Crippen molar-refractivity contribution in [3.05, 3.63) is 0 Å². The van der Waals surface area contributed by atoms with Crippen LogP contribution in [0.3, 0.4) is 0 Å². The molecular formula is C40H77NO5. The maximum absolute atomic E-state index is 12.6. The molecule has 0 aromatic rings. The molecule has 0 saturated carbocycles. The molecule has 1 atom stereocenters. The molecule has 0 aliphatic carbocycles. The lowest BCUT2D eigenvalue weighted by Crippen LogP contribution is -2.28. The molecule has 0 aliphatic heterocycles. The van der Waals surface area contributed by atoms with Crippen molar-refractivity contribution in [3.63, 3.8) is 0 Å². The van der Waals surface area contributed by atoms with E-state index in [1.54, 1.807) is 0 Å². The predicted octanol–water partition coefficient (Wildman–Crippen LogP) is 12.0. The van der Waals surface area contributed by atoms with Gasteiger partial charge < -0.3 is 15.2 Å². The topological polar surface area (TPSA) is 92.7 Å². The molecule has 46 heavy (non-hydrogen) atoms. The average molecular weight is 652 g/mol. The van der Waals surface area contributed by atoms with Crippen LogP contribution in [0.25, 0.3) is 0 Å². The van der Waals surface area contributed by atoms with E-state index in [9.17, 15) is 14.4 Å². The van der Waals surface area contributed by atoms with Gasteiger partial charge in [-0.25, -0.2) is 0 Å². The standard InChI is InChI=1S/C40H77NO5/c1-3-5-7-9-10-11-12-13-14-15-16-17-18-19-20-21-22-23-25-31-35-40(45)46-37(32-28-24-8-6-4-2)33-29-26-27-30-34-38(42)41-36-39(43)44/h37H,3-36H2,1-2H3,(H,41,42)(H,43,44). The summed E-state index contributed by atoms with van der Waals surface area (Å²) < 4.78 is 5.94. The Labute approximate surface area is 285 Å². The first-order valence-electron chi connectivity index (χ1n) is 20.2. The van der Waals surface area contributed by atoms with E-state index in [1.165, 1.54) is 141 Å². The van der Waals surface area contributed by atoms with Crippen LogP contribution in [0.2, 0.25) is 0 Å². The lowest BCUT2D eigenvalue weighted by molar-refractivity contribution is -0.150. The number of unbranched alkanes of at least 4 members (excludes halogenated alkanes) is 26. The second kappa shape index (κ2) is 36.2. The van der Waals surface area contributed by atoms with Crippen molar-refractivity contribution in [2.45, 2.75) is 232 Å². The molecular weight excluding hydrogens is 574 g/mol. The monoisotopic (exact) mass is 652 g/mol. The summed E-state index contributed by atoms with van der Waals surface area (Å²) in [6.07, 6.45) is 39.6. The summed E-state index contributed by atoms with van der Waals surface area (Å²) in [5.41, 5.74) is 0. The smallest absolute Gasteiger partial charge is 0.322 e. The summed E-state index contributed by atoms with van der Waals surface area (Å²) in [6, 6.07) is 0. The van der Waals surface area contributed by atoms with Crippen molar-refractivity contribution < 1.29 is 24.2 Å². The molecule has 0 aliphatic rings. The Morgan fingerprint density at radius 2 is 0.804 bits per heavy atom. The van der Waals surface area contributed by atoms with Crippen molar-refractivity contribution in [1.82, 2.24) is 5.32 Å². The first-order valence-corrected chi connectivity index (χ1v) is 20.2. The summed E-state index contributed by atoms with van der Waals surface area (Å²) in [5, 5.41) is 11.0. The number of carboxylic acid groups (broad SMARTS) is 1. The summed E-state index contributed by atoms with van der Waals surface area (Å²) in [5.74, 6) is -1.25. The minimum atomic E-state index is -1.02. The zero-order valence-corrected chi connectivity index (χ0v) is 30.7. The highest BCUT2D eigenvalue weighted by molar-refractivity contribution is 5.80. The van der Waals surface area contributed by atoms with Gasteiger partial charge in [0.05, 0.1) is 0 Å². The number of aliphatic carboxylic acids is 1. The first kappa shape index (κ1) is 44.4. The number of hydrogen-bond acceptors (Lipinski definition) is 4. The lowest BCUT2D eigenvalue weighted by atomic mass is 10.0. The van der Waals surface area contributed by atoms with E-state index in [2.05, 4.69) is 19.2 Å². The van der Waals surface area contributed by atoms with Crippen LogP contribution in [0.5, 0.6) is 0 Å². The van der Waals surface area contributed by atoms with Gasteiger partial charge in [-0.05, 0) is 38.5 Å². The largest absolute Gasteiger partial charge is 0.480 e. The summed E-state index contributed by atoms with van der Waals surface area (Å²) in [4.78, 5) is 34.8. The Morgan fingerprint density at radius 3 is 1.17 bits per heavy atom. The molecule has 272 valence electrons. The zero-order valence-electron chi connectivity index (χ0n) is 30.7. The molecule has 0 saturated heterocycles. The zero-order chi connectivity index (χ0) is 33.8. The molecule has 2 N–H and O–H groups in total. The minimum Gasteiger partial charge on any atom is -0.480 e. The number of carbonyl (C=O) groups excluding carboxylic acids is 2. The van der Waals surface area contributed by atoms with Crippen LogP contribution in [0.15, 0.2) is 0 Å². The number of esters is 1. The van der Waals surface area contributed by atoms with Gasteiger partial charge in [0.25, 0.3) is 0 Å². The van der Waals surface area contributed by atoms with Crippen LogP contribution >= 0.6 is 0 Å². The Kier molecular flexibility index (Phi) is 35.0. The highest BCUT2D eigenvalue weighted by atomic mass is 16.5. The van der Waals surface area contributed by atoms with Crippen LogP contribution in [0, 0.1) is 0 Å². The molecule has 0 heterocycles. The molecule has 6 nitrogen and oxygen atoms in total. The van der Waals surface area contributed by atoms with Crippen LogP contribution in [-0.4, -0.2) is 35.6 Å². The third-order valence-electron chi connectivity index (χ3n) is 9.28. The number of hydrogen-bond donors (Lipinski definition) is 2. The van der Waals surface area contributed by atoms with Gasteiger partial charge >= 0.3 is 11.9 Å². The predicted molar refractivity (Wildman–Crippen MR) is 194 cm³/mol. The van der Waals surface area contributed by atoms with E-state index in [0.29, 0.717) is 12.8 Å². The SMILES string of the molecule is CCCCCCCCCCCCCCCCCCCCCCC(=O)OC(CCCCCCC)CCCCCCC(=O)NCC(=O)O. The Bertz CT molecular complexity index is 683. The minimum absolute atomic E-state index is 0.0121. The first-order chi connectivity index (χ1) is 22.5. The quantitative estimate of drug-likeness (QED) is 0.0515. The van der Waals surface area contributed by atoms with E-state index < -0.39 is 5.97 Å². The van der Waals surface area contributed by atoms with E-state index in [1.807, 2.05) is 0 Å². The molecule has 0 aromatic carbocycles. The Morgan fingerprint density at radius 1 is 0.478 bits per heavy atom. The third kappa shape index (κ3) is 35.3. The number of carboxylic acids is 1. The second-order valence-corrected chi connectivity index (χ2v) is 13.9. The maximum Gasteiger partial charge on any atom is 0.322 e. The van der Waals surface area contributed by atoms with Gasteiger partial charge in [0.1, 0.15) is 12.6 Å². The molecule has 6 heteroatoms. The molecule has 0 fully saturated rings. The summed E-state index contributed by atoms with van der Waals surface area (Å²) in [6.45, 7) is 4.20. The molecule has 0 bridgehead atoms. The fourth-order valence-corrected chi connectivity index (χ4v) is 6.28. The van der Waals surface area contributed by atoms with Gasteiger partial charge in [0.2, 0.25) is 5.91 Å². The van der Waals surface area contributed by atoms with Crippen LogP contribution in [-0.2, 0) is 19.1 Å². The summed E-state index contributed by atoms with van der Waals surface area (Å²) >= 11 is 0. The second-order valence-electron chi connectivity index (χ2n) is 13.9. The number of amides is 1. The fourth-order valence-electron chi connectivity index (χ4n) is 6.28. The van der Waals surface area contributed by atoms with Gasteiger partial charge in [-0.2, -0.15) is 0 Å². The highest BCUT2D eigenvalue weighted by Crippen LogP contribution is 2.19. The van der Waals surface area contributed by atoms with Crippen molar-refractivity contribution in [2.75, 3.05) is 6.54 Å². The number of rotatable bonds is 37. The van der Waals surface area contributed by atoms with Crippen molar-refractivity contribution in [1.29, 1.82) is 0 Å². The highest BCUT2D eigenvalue weighted by Gasteiger charge is 2.14. The van der Waals surface area contributed by atoms with Gasteiger partial charge in [0.15, 0.2) is 0 Å². The van der Waals surface area contributed by atoms with Crippen LogP contribution in [0.4, 0.5) is 0 Å². The molecule has 0 spiro atoms. The number of carbonyl (C=O) groups is 3. The third-order valence-corrected chi connectivity index (χ3v) is 9.28. The molecule has 1 amide bonds. The van der Waals surface area contributed by atoms with E-state index in [0.717, 1.165) is 57.8 Å². The van der Waals surface area contributed by atoms with Gasteiger partial charge in [-0.1, -0.05) is 174 Å². The van der Waals surface area contributed by atoms with E-state index in [4.69, 9.17) is 9.84 Å². The van der Waals surface area contributed by atoms with Crippen molar-refractivity contribution in [2.24, 2.45) is 0 Å². The van der Waals surface area contributed by atoms with Gasteiger partial charge in [-0.3, -0.25) is 14.4 Å². The van der Waals surface area contributed by atoms with Gasteiger partial charge in [-0.15, -0.1) is 0 Å². The number of ether oxygens (including phenoxy) is 1. The van der Waals surface area contributed by atoms with Crippen molar-refractivity contribution in [3.8, 4) is 0 Å². The number of nitrogens with one attached hydrogen (secondary N) is 1. The molecule has 0 radical (unpaired) electrons. The van der Waals surface area contributed by atoms with E-state index >= 15 is 0 Å². The summed E-state index contributed by atoms with van der Waals surface area (Å²) in [7, 11) is 0. The maximum atomic E-state index is 12.6. The molecule has 0 aromatic heterocycles. The van der Waals surface area contributed by atoms with E-state index in [-0.39, 0.29) is 24.5 Å². The lowest BCUT2D eigenvalue weighted by Gasteiger charge is -2.18. The van der Waals surface area contributed by atoms with Crippen LogP contribution in [0.1, 0.15) is 226 Å². The average Bonchev–Trinajstić information content (AvgIpc) is 3.04. The van der Waals surface area contributed by atoms with Crippen molar-refractivity contribution >= 4 is 17.8 Å².